The molecular formula is C53H56N4O6S. The molecule has 0 heterocycles. The van der Waals surface area contributed by atoms with E-state index in [1.807, 2.05) is 166 Å². The lowest BCUT2D eigenvalue weighted by molar-refractivity contribution is -0.146. The van der Waals surface area contributed by atoms with Crippen molar-refractivity contribution >= 4 is 35.5 Å². The van der Waals surface area contributed by atoms with E-state index in [0.29, 0.717) is 0 Å². The van der Waals surface area contributed by atoms with Crippen LogP contribution in [-0.2, 0) is 34.2 Å². The number of aliphatic carboxylic acids is 1. The minimum atomic E-state index is -1.68. The zero-order chi connectivity index (χ0) is 45.7. The highest BCUT2D eigenvalue weighted by molar-refractivity contribution is 8.00. The van der Waals surface area contributed by atoms with Crippen molar-refractivity contribution in [2.24, 2.45) is 5.73 Å². The van der Waals surface area contributed by atoms with Crippen LogP contribution in [0, 0.1) is 0 Å². The number of ether oxygens (including phenoxy) is 1. The van der Waals surface area contributed by atoms with Gasteiger partial charge in [-0.1, -0.05) is 182 Å². The Morgan fingerprint density at radius 3 is 1.28 bits per heavy atom. The van der Waals surface area contributed by atoms with Crippen LogP contribution < -0.4 is 21.7 Å². The number of carbonyl (C=O) groups excluding carboxylic acids is 3. The van der Waals surface area contributed by atoms with Gasteiger partial charge >= 0.3 is 5.97 Å². The third kappa shape index (κ3) is 11.2. The number of carboxylic acids is 1. The molecule has 0 aromatic heterocycles. The fraction of sp³-hybridized carbons (Fsp3) is 0.245. The highest BCUT2D eigenvalue weighted by atomic mass is 32.2. The topological polar surface area (TPSA) is 160 Å². The molecule has 0 bridgehead atoms. The molecule has 0 saturated heterocycles. The molecule has 3 amide bonds. The Balaban J connectivity index is 1.25. The molecule has 6 aromatic carbocycles. The number of nitrogens with two attached hydrogens (primary N) is 1. The number of benzene rings is 6. The molecule has 0 unspecified atom stereocenters. The lowest BCUT2D eigenvalue weighted by Gasteiger charge is -2.37. The molecule has 330 valence electrons. The van der Waals surface area contributed by atoms with Gasteiger partial charge in [0.05, 0.1) is 28.9 Å². The summed E-state index contributed by atoms with van der Waals surface area (Å²) < 4.78 is 5.42. The maximum atomic E-state index is 14.3. The summed E-state index contributed by atoms with van der Waals surface area (Å²) in [7, 11) is 0. The van der Waals surface area contributed by atoms with Gasteiger partial charge < -0.3 is 31.5 Å². The highest BCUT2D eigenvalue weighted by Gasteiger charge is 2.41. The Morgan fingerprint density at radius 1 is 0.578 bits per heavy atom. The number of rotatable bonds is 19. The zero-order valence-corrected chi connectivity index (χ0v) is 37.3. The molecule has 64 heavy (non-hydrogen) atoms. The Bertz CT molecular complexity index is 2240. The summed E-state index contributed by atoms with van der Waals surface area (Å²) in [5.74, 6) is -3.42. The van der Waals surface area contributed by atoms with Crippen LogP contribution in [0.3, 0.4) is 0 Å². The normalized spacial score (nSPS) is 13.7. The molecule has 0 spiro atoms. The molecule has 0 radical (unpaired) electrons. The first kappa shape index (κ1) is 47.0. The largest absolute Gasteiger partial charge is 0.480 e. The smallest absolute Gasteiger partial charge is 0.326 e. The van der Waals surface area contributed by atoms with Crippen molar-refractivity contribution in [3.8, 4) is 0 Å². The van der Waals surface area contributed by atoms with Gasteiger partial charge in [0.2, 0.25) is 17.7 Å². The summed E-state index contributed by atoms with van der Waals surface area (Å²) in [6.45, 7) is 7.04. The average Bonchev–Trinajstić information content (AvgIpc) is 3.31. The first-order chi connectivity index (χ1) is 30.7. The van der Waals surface area contributed by atoms with Gasteiger partial charge in [-0.25, -0.2) is 4.79 Å². The lowest BCUT2D eigenvalue weighted by atomic mass is 9.77. The van der Waals surface area contributed by atoms with Crippen LogP contribution in [0.2, 0.25) is 0 Å². The number of carbonyl (C=O) groups is 4. The van der Waals surface area contributed by atoms with Gasteiger partial charge in [-0.3, -0.25) is 14.4 Å². The summed E-state index contributed by atoms with van der Waals surface area (Å²) in [6, 6.07) is 54.1. The molecule has 0 aliphatic heterocycles. The number of hydrogen-bond acceptors (Lipinski definition) is 7. The lowest BCUT2D eigenvalue weighted by Crippen LogP contribution is -2.60. The zero-order valence-electron chi connectivity index (χ0n) is 36.5. The second kappa shape index (κ2) is 21.2. The van der Waals surface area contributed by atoms with E-state index >= 15 is 0 Å². The fourth-order valence-corrected chi connectivity index (χ4v) is 9.52. The average molecular weight is 877 g/mol. The van der Waals surface area contributed by atoms with Gasteiger partial charge in [0.15, 0.2) is 0 Å². The van der Waals surface area contributed by atoms with E-state index in [9.17, 15) is 24.3 Å². The number of amides is 3. The van der Waals surface area contributed by atoms with Crippen molar-refractivity contribution in [1.29, 1.82) is 0 Å². The molecule has 10 nitrogen and oxygen atoms in total. The highest BCUT2D eigenvalue weighted by Crippen LogP contribution is 2.48. The van der Waals surface area contributed by atoms with Crippen molar-refractivity contribution < 1.29 is 29.0 Å². The van der Waals surface area contributed by atoms with Gasteiger partial charge in [-0.05, 0) is 61.1 Å². The third-order valence-electron chi connectivity index (χ3n) is 10.9. The van der Waals surface area contributed by atoms with E-state index in [1.165, 1.54) is 11.8 Å². The quantitative estimate of drug-likeness (QED) is 0.0516. The summed E-state index contributed by atoms with van der Waals surface area (Å²) in [5.41, 5.74) is 9.95. The van der Waals surface area contributed by atoms with Gasteiger partial charge in [0.1, 0.15) is 17.6 Å². The van der Waals surface area contributed by atoms with E-state index < -0.39 is 70.2 Å². The number of thioether (sulfide) groups is 1. The number of nitrogens with one attached hydrogen (secondary N) is 3. The first-order valence-electron chi connectivity index (χ1n) is 21.3. The van der Waals surface area contributed by atoms with Crippen LogP contribution in [-0.4, -0.2) is 64.4 Å². The van der Waals surface area contributed by atoms with Gasteiger partial charge in [0, 0.05) is 5.75 Å². The maximum absolute atomic E-state index is 14.3. The van der Waals surface area contributed by atoms with Gasteiger partial charge in [0.25, 0.3) is 0 Å². The van der Waals surface area contributed by atoms with Crippen LogP contribution in [0.25, 0.3) is 0 Å². The van der Waals surface area contributed by atoms with E-state index in [0.717, 1.165) is 33.4 Å². The minimum Gasteiger partial charge on any atom is -0.480 e. The van der Waals surface area contributed by atoms with Crippen molar-refractivity contribution in [2.45, 2.75) is 74.2 Å². The summed E-state index contributed by atoms with van der Waals surface area (Å²) in [4.78, 5) is 55.6. The molecule has 0 aliphatic rings. The summed E-state index contributed by atoms with van der Waals surface area (Å²) >= 11 is 1.50. The minimum absolute atomic E-state index is 0.136. The third-order valence-corrected chi connectivity index (χ3v) is 12.6. The van der Waals surface area contributed by atoms with Crippen LogP contribution >= 0.6 is 11.8 Å². The summed E-state index contributed by atoms with van der Waals surface area (Å²) in [6.07, 6.45) is -1.56. The van der Waals surface area contributed by atoms with Gasteiger partial charge in [-0.2, -0.15) is 0 Å². The van der Waals surface area contributed by atoms with Crippen molar-refractivity contribution in [2.75, 3.05) is 5.75 Å². The fourth-order valence-electron chi connectivity index (χ4n) is 8.03. The van der Waals surface area contributed by atoms with E-state index in [4.69, 9.17) is 10.5 Å². The summed E-state index contributed by atoms with van der Waals surface area (Å²) in [5, 5.41) is 19.0. The number of hydrogen-bond donors (Lipinski definition) is 5. The van der Waals surface area contributed by atoms with Crippen LogP contribution in [0.15, 0.2) is 182 Å². The van der Waals surface area contributed by atoms with E-state index in [-0.39, 0.29) is 5.75 Å². The van der Waals surface area contributed by atoms with Crippen molar-refractivity contribution in [3.63, 3.8) is 0 Å². The second-order valence-corrected chi connectivity index (χ2v) is 17.9. The Morgan fingerprint density at radius 2 is 0.938 bits per heavy atom. The van der Waals surface area contributed by atoms with Crippen molar-refractivity contribution in [1.82, 2.24) is 16.0 Å². The molecule has 0 saturated carbocycles. The molecule has 11 heteroatoms. The maximum Gasteiger partial charge on any atom is 0.326 e. The van der Waals surface area contributed by atoms with E-state index in [1.54, 1.807) is 6.92 Å². The Hall–Kier alpha value is -6.53. The van der Waals surface area contributed by atoms with Crippen LogP contribution in [0.1, 0.15) is 67.5 Å². The number of carboxylic acid groups (broad SMARTS) is 1. The predicted molar refractivity (Wildman–Crippen MR) is 253 cm³/mol. The Kier molecular flexibility index (Phi) is 15.6. The molecule has 6 N–H and O–H groups in total. The Labute approximate surface area is 380 Å². The monoisotopic (exact) mass is 876 g/mol. The first-order valence-corrected chi connectivity index (χ1v) is 22.3. The molecule has 4 atom stereocenters. The van der Waals surface area contributed by atoms with E-state index in [2.05, 4.69) is 52.3 Å². The predicted octanol–water partition coefficient (Wildman–Crippen LogP) is 7.80. The van der Waals surface area contributed by atoms with Crippen LogP contribution in [0.5, 0.6) is 0 Å². The molecule has 0 fully saturated rings. The second-order valence-electron chi connectivity index (χ2n) is 16.6. The van der Waals surface area contributed by atoms with Crippen LogP contribution in [0.4, 0.5) is 0 Å². The molecule has 0 aliphatic carbocycles. The standard InChI is InChI=1S/C53H56N4O6S/c1-37(63-51(2,3)4)47(56-48(59)44(54)36-64-53(41-29-17-8-18-30-41,42-31-19-9-20-32-42)43-33-21-10-22-34-43)49(60)55-45(50(61)62)35-46(58)57-52(38-23-11-5-12-24-38,39-25-13-6-14-26-39)40-27-15-7-16-28-40/h5-34,37,44-45,47H,35-36,54H2,1-4H3,(H,55,60)(H,56,59)(H,57,58)(H,61,62)/t37-,44+,45+,47+/m1/s1. The molecule has 6 rings (SSSR count). The molecular weight excluding hydrogens is 821 g/mol. The SMILES string of the molecule is C[C@@H](OC(C)(C)C)[C@H](NC(=O)[C@@H](N)CSC(c1ccccc1)(c1ccccc1)c1ccccc1)C(=O)N[C@@H](CC(=O)NC(c1ccccc1)(c1ccccc1)c1ccccc1)C(=O)O. The van der Waals surface area contributed by atoms with Crippen molar-refractivity contribution in [3.05, 3.63) is 215 Å². The molecule has 6 aromatic rings. The van der Waals surface area contributed by atoms with Gasteiger partial charge in [-0.15, -0.1) is 11.8 Å².